The zero-order valence-corrected chi connectivity index (χ0v) is 14.5. The van der Waals surface area contributed by atoms with Gasteiger partial charge in [-0.05, 0) is 49.8 Å². The van der Waals surface area contributed by atoms with Crippen LogP contribution >= 0.6 is 15.9 Å². The Morgan fingerprint density at radius 1 is 1.33 bits per heavy atom. The Hall–Kier alpha value is -0.540. The molecule has 116 valence electrons. The first kappa shape index (κ1) is 15.4. The highest BCUT2D eigenvalue weighted by Gasteiger charge is 2.41. The molecule has 21 heavy (non-hydrogen) atoms. The van der Waals surface area contributed by atoms with E-state index in [1.165, 1.54) is 38.5 Å². The predicted molar refractivity (Wildman–Crippen MR) is 90.5 cm³/mol. The highest BCUT2D eigenvalue weighted by molar-refractivity contribution is 9.10. The number of ether oxygens (including phenoxy) is 1. The first-order valence-corrected chi connectivity index (χ1v) is 9.15. The molecule has 1 aromatic rings. The number of benzene rings is 1. The van der Waals surface area contributed by atoms with E-state index in [2.05, 4.69) is 41.1 Å². The Labute approximate surface area is 136 Å². The lowest BCUT2D eigenvalue weighted by Crippen LogP contribution is -2.42. The summed E-state index contributed by atoms with van der Waals surface area (Å²) >= 11 is 3.53. The van der Waals surface area contributed by atoms with Crippen molar-refractivity contribution in [1.29, 1.82) is 0 Å². The number of fused-ring (bicyclic) bond motifs is 1. The summed E-state index contributed by atoms with van der Waals surface area (Å²) in [6.45, 7) is 2.29. The molecule has 1 aliphatic carbocycles. The summed E-state index contributed by atoms with van der Waals surface area (Å²) in [5, 5.41) is 0. The number of halogens is 1. The summed E-state index contributed by atoms with van der Waals surface area (Å²) in [5.41, 5.74) is 7.61. The van der Waals surface area contributed by atoms with Gasteiger partial charge in [-0.25, -0.2) is 0 Å². The second-order valence-corrected chi connectivity index (χ2v) is 7.78. The minimum absolute atomic E-state index is 0.0112. The smallest absolute Gasteiger partial charge is 0.124 e. The lowest BCUT2D eigenvalue weighted by atomic mass is 9.82. The second kappa shape index (κ2) is 6.29. The molecule has 2 nitrogen and oxygen atoms in total. The van der Waals surface area contributed by atoms with Gasteiger partial charge in [-0.15, -0.1) is 0 Å². The molecule has 1 heterocycles. The standard InChI is InChI=1S/C18H26BrNO/c1-2-4-13-5-3-9-18(10-8-13)12-16(20)15-11-14(19)6-7-17(15)21-18/h6-7,11,13,16H,2-5,8-10,12,20H2,1H3/t13?,16-,18?/m0/s1. The number of hydrogen-bond donors (Lipinski definition) is 1. The van der Waals surface area contributed by atoms with Crippen LogP contribution in [0, 0.1) is 5.92 Å². The van der Waals surface area contributed by atoms with Gasteiger partial charge in [-0.2, -0.15) is 0 Å². The van der Waals surface area contributed by atoms with E-state index in [-0.39, 0.29) is 11.6 Å². The normalized spacial score (nSPS) is 32.3. The van der Waals surface area contributed by atoms with Gasteiger partial charge in [-0.3, -0.25) is 0 Å². The SMILES string of the molecule is CCCC1CCCC2(CC1)C[C@H](N)c1cc(Br)ccc1O2. The van der Waals surface area contributed by atoms with Crippen molar-refractivity contribution in [2.75, 3.05) is 0 Å². The van der Waals surface area contributed by atoms with Crippen LogP contribution in [-0.4, -0.2) is 5.60 Å². The Morgan fingerprint density at radius 2 is 2.19 bits per heavy atom. The molecule has 1 spiro atoms. The molecular weight excluding hydrogens is 326 g/mol. The average Bonchev–Trinajstić information content (AvgIpc) is 2.64. The van der Waals surface area contributed by atoms with Crippen LogP contribution in [0.25, 0.3) is 0 Å². The van der Waals surface area contributed by atoms with Gasteiger partial charge in [0.25, 0.3) is 0 Å². The molecule has 0 bridgehead atoms. The summed E-state index contributed by atoms with van der Waals surface area (Å²) in [4.78, 5) is 0. The van der Waals surface area contributed by atoms with Crippen molar-refractivity contribution in [2.45, 2.75) is 69.9 Å². The van der Waals surface area contributed by atoms with E-state index in [1.54, 1.807) is 0 Å². The highest BCUT2D eigenvalue weighted by atomic mass is 79.9. The Bertz CT molecular complexity index is 504. The molecule has 0 amide bonds. The van der Waals surface area contributed by atoms with Gasteiger partial charge in [-0.1, -0.05) is 42.1 Å². The number of hydrogen-bond acceptors (Lipinski definition) is 2. The summed E-state index contributed by atoms with van der Waals surface area (Å²) in [6, 6.07) is 6.35. The van der Waals surface area contributed by atoms with Crippen molar-refractivity contribution in [3.63, 3.8) is 0 Å². The number of rotatable bonds is 2. The maximum atomic E-state index is 6.49. The van der Waals surface area contributed by atoms with E-state index in [0.29, 0.717) is 0 Å². The molecule has 1 aromatic carbocycles. The van der Waals surface area contributed by atoms with Gasteiger partial charge < -0.3 is 10.5 Å². The van der Waals surface area contributed by atoms with Crippen LogP contribution in [0.1, 0.15) is 69.9 Å². The lowest BCUT2D eigenvalue weighted by molar-refractivity contribution is 0.0202. The van der Waals surface area contributed by atoms with Crippen LogP contribution in [0.15, 0.2) is 22.7 Å². The third-order valence-corrected chi connectivity index (χ3v) is 5.73. The minimum atomic E-state index is -0.0112. The topological polar surface area (TPSA) is 35.2 Å². The van der Waals surface area contributed by atoms with Crippen LogP contribution in [0.5, 0.6) is 5.75 Å². The zero-order valence-electron chi connectivity index (χ0n) is 12.9. The van der Waals surface area contributed by atoms with Crippen LogP contribution in [0.2, 0.25) is 0 Å². The second-order valence-electron chi connectivity index (χ2n) is 6.86. The number of nitrogens with two attached hydrogens (primary N) is 1. The molecule has 0 aromatic heterocycles. The highest BCUT2D eigenvalue weighted by Crippen LogP contribution is 2.46. The fourth-order valence-electron chi connectivity index (χ4n) is 4.14. The molecular formula is C18H26BrNO. The maximum absolute atomic E-state index is 6.49. The Balaban J connectivity index is 1.79. The van der Waals surface area contributed by atoms with E-state index in [0.717, 1.165) is 34.5 Å². The first-order chi connectivity index (χ1) is 10.1. The first-order valence-electron chi connectivity index (χ1n) is 8.36. The van der Waals surface area contributed by atoms with Crippen LogP contribution < -0.4 is 10.5 Å². The van der Waals surface area contributed by atoms with E-state index < -0.39 is 0 Å². The summed E-state index contributed by atoms with van der Waals surface area (Å²) in [6.07, 6.45) is 9.91. The fourth-order valence-corrected chi connectivity index (χ4v) is 4.52. The molecule has 0 radical (unpaired) electrons. The molecule has 1 aliphatic heterocycles. The molecule has 2 aliphatic rings. The summed E-state index contributed by atoms with van der Waals surface area (Å²) in [7, 11) is 0. The Morgan fingerprint density at radius 3 is 3.00 bits per heavy atom. The van der Waals surface area contributed by atoms with Gasteiger partial charge in [0.2, 0.25) is 0 Å². The molecule has 3 heteroatoms. The van der Waals surface area contributed by atoms with E-state index >= 15 is 0 Å². The molecule has 3 rings (SSSR count). The van der Waals surface area contributed by atoms with Gasteiger partial charge in [0, 0.05) is 22.5 Å². The third-order valence-electron chi connectivity index (χ3n) is 5.24. The van der Waals surface area contributed by atoms with E-state index in [1.807, 2.05) is 0 Å². The molecule has 3 atom stereocenters. The van der Waals surface area contributed by atoms with Crippen molar-refractivity contribution in [3.05, 3.63) is 28.2 Å². The fraction of sp³-hybridized carbons (Fsp3) is 0.667. The molecule has 1 saturated carbocycles. The summed E-state index contributed by atoms with van der Waals surface area (Å²) < 4.78 is 7.57. The minimum Gasteiger partial charge on any atom is -0.487 e. The van der Waals surface area contributed by atoms with Gasteiger partial charge in [0.15, 0.2) is 0 Å². The van der Waals surface area contributed by atoms with E-state index in [9.17, 15) is 0 Å². The largest absolute Gasteiger partial charge is 0.487 e. The molecule has 1 fully saturated rings. The Kier molecular flexibility index (Phi) is 4.60. The van der Waals surface area contributed by atoms with Gasteiger partial charge in [0.05, 0.1) is 0 Å². The molecule has 2 unspecified atom stereocenters. The van der Waals surface area contributed by atoms with Crippen LogP contribution in [-0.2, 0) is 0 Å². The van der Waals surface area contributed by atoms with Crippen molar-refractivity contribution >= 4 is 15.9 Å². The van der Waals surface area contributed by atoms with Gasteiger partial charge in [0.1, 0.15) is 11.4 Å². The molecule has 2 N–H and O–H groups in total. The van der Waals surface area contributed by atoms with Crippen LogP contribution in [0.4, 0.5) is 0 Å². The predicted octanol–water partition coefficient (Wildman–Crippen LogP) is 5.35. The zero-order chi connectivity index (χ0) is 14.9. The van der Waals surface area contributed by atoms with E-state index in [4.69, 9.17) is 10.5 Å². The lowest BCUT2D eigenvalue weighted by Gasteiger charge is -2.41. The summed E-state index contributed by atoms with van der Waals surface area (Å²) in [5.74, 6) is 1.89. The average molecular weight is 352 g/mol. The van der Waals surface area contributed by atoms with Crippen molar-refractivity contribution in [1.82, 2.24) is 0 Å². The molecule has 0 saturated heterocycles. The third kappa shape index (κ3) is 3.29. The van der Waals surface area contributed by atoms with Crippen molar-refractivity contribution in [2.24, 2.45) is 11.7 Å². The monoisotopic (exact) mass is 351 g/mol. The van der Waals surface area contributed by atoms with Crippen LogP contribution in [0.3, 0.4) is 0 Å². The van der Waals surface area contributed by atoms with Gasteiger partial charge >= 0.3 is 0 Å². The van der Waals surface area contributed by atoms with Crippen molar-refractivity contribution < 1.29 is 4.74 Å². The van der Waals surface area contributed by atoms with Crippen molar-refractivity contribution in [3.8, 4) is 5.75 Å². The maximum Gasteiger partial charge on any atom is 0.124 e. The quantitative estimate of drug-likeness (QED) is 0.779.